The lowest BCUT2D eigenvalue weighted by Crippen LogP contribution is -2.33. The Hall–Kier alpha value is -0.910. The van der Waals surface area contributed by atoms with Gasteiger partial charge in [-0.2, -0.15) is 0 Å². The Morgan fingerprint density at radius 1 is 1.46 bits per heavy atom. The van der Waals surface area contributed by atoms with Gasteiger partial charge in [-0.05, 0) is 13.8 Å². The molecule has 0 aromatic rings. The van der Waals surface area contributed by atoms with Crippen LogP contribution in [0.25, 0.3) is 0 Å². The van der Waals surface area contributed by atoms with Gasteiger partial charge in [-0.3, -0.25) is 0 Å². The van der Waals surface area contributed by atoms with Crippen molar-refractivity contribution in [1.29, 1.82) is 0 Å². The van der Waals surface area contributed by atoms with Gasteiger partial charge in [-0.25, -0.2) is 4.79 Å². The Morgan fingerprint density at radius 3 is 2.38 bits per heavy atom. The molecule has 2 atom stereocenters. The molecule has 0 aromatic heterocycles. The third kappa shape index (κ3) is 4.62. The fourth-order valence-electron chi connectivity index (χ4n) is 0.522. The lowest BCUT2D eigenvalue weighted by Gasteiger charge is -2.17. The Balaban J connectivity index is 3.91. The number of ether oxygens (including phenoxy) is 2. The van der Waals surface area contributed by atoms with Crippen LogP contribution in [0.2, 0.25) is 0 Å². The predicted molar refractivity (Wildman–Crippen MR) is 44.5 cm³/mol. The number of hydrogen-bond donors (Lipinski definition) is 2. The standard InChI is InChI=1S/C8H14O5/c1-4-12-7(10)8(11)13-6(9)5(2)3/h7-8,10-11H,2,4H2,1,3H3. The Morgan fingerprint density at radius 2 is 2.00 bits per heavy atom. The van der Waals surface area contributed by atoms with Crippen molar-refractivity contribution in [3.05, 3.63) is 12.2 Å². The van der Waals surface area contributed by atoms with Crippen LogP contribution in [0, 0.1) is 0 Å². The molecule has 0 radical (unpaired) electrons. The highest BCUT2D eigenvalue weighted by molar-refractivity contribution is 5.86. The smallest absolute Gasteiger partial charge is 0.335 e. The molecule has 0 aromatic carbocycles. The van der Waals surface area contributed by atoms with Crippen LogP contribution in [0.15, 0.2) is 12.2 Å². The number of hydrogen-bond acceptors (Lipinski definition) is 5. The lowest BCUT2D eigenvalue weighted by molar-refractivity contribution is -0.242. The maximum Gasteiger partial charge on any atom is 0.335 e. The molecule has 0 bridgehead atoms. The molecule has 2 unspecified atom stereocenters. The van der Waals surface area contributed by atoms with Crippen molar-refractivity contribution < 1.29 is 24.5 Å². The van der Waals surface area contributed by atoms with Gasteiger partial charge in [0.25, 0.3) is 6.29 Å². The number of aliphatic hydroxyl groups is 2. The predicted octanol–water partition coefficient (Wildman–Crippen LogP) is -0.221. The van der Waals surface area contributed by atoms with Crippen LogP contribution >= 0.6 is 0 Å². The van der Waals surface area contributed by atoms with Gasteiger partial charge < -0.3 is 19.7 Å². The average molecular weight is 190 g/mol. The van der Waals surface area contributed by atoms with Crippen molar-refractivity contribution >= 4 is 5.97 Å². The highest BCUT2D eigenvalue weighted by Gasteiger charge is 2.20. The maximum atomic E-state index is 10.8. The van der Waals surface area contributed by atoms with E-state index in [1.54, 1.807) is 6.92 Å². The van der Waals surface area contributed by atoms with Gasteiger partial charge in [0.15, 0.2) is 0 Å². The number of esters is 1. The Kier molecular flexibility index (Phi) is 5.29. The first-order chi connectivity index (χ1) is 5.99. The topological polar surface area (TPSA) is 76.0 Å². The van der Waals surface area contributed by atoms with Crippen molar-refractivity contribution in [2.45, 2.75) is 26.4 Å². The van der Waals surface area contributed by atoms with Crippen LogP contribution in [-0.4, -0.2) is 35.4 Å². The summed E-state index contributed by atoms with van der Waals surface area (Å²) in [7, 11) is 0. The summed E-state index contributed by atoms with van der Waals surface area (Å²) in [6, 6.07) is 0. The van der Waals surface area contributed by atoms with Gasteiger partial charge in [-0.15, -0.1) is 0 Å². The van der Waals surface area contributed by atoms with Gasteiger partial charge in [0.1, 0.15) is 0 Å². The summed E-state index contributed by atoms with van der Waals surface area (Å²) in [5.41, 5.74) is 0.141. The first kappa shape index (κ1) is 12.1. The van der Waals surface area contributed by atoms with E-state index in [0.29, 0.717) is 0 Å². The van der Waals surface area contributed by atoms with Gasteiger partial charge in [0.2, 0.25) is 6.29 Å². The van der Waals surface area contributed by atoms with E-state index in [1.165, 1.54) is 6.92 Å². The van der Waals surface area contributed by atoms with Gasteiger partial charge in [0, 0.05) is 12.2 Å². The molecule has 2 N–H and O–H groups in total. The molecule has 0 rings (SSSR count). The average Bonchev–Trinajstić information content (AvgIpc) is 2.04. The Labute approximate surface area is 76.6 Å². The molecule has 0 aliphatic rings. The van der Waals surface area contributed by atoms with E-state index in [-0.39, 0.29) is 12.2 Å². The second-order valence-electron chi connectivity index (χ2n) is 2.42. The molecule has 0 saturated carbocycles. The summed E-state index contributed by atoms with van der Waals surface area (Å²) in [6.45, 7) is 6.58. The van der Waals surface area contributed by atoms with Crippen LogP contribution < -0.4 is 0 Å². The van der Waals surface area contributed by atoms with Crippen LogP contribution in [0.5, 0.6) is 0 Å². The van der Waals surface area contributed by atoms with E-state index in [1.807, 2.05) is 0 Å². The van der Waals surface area contributed by atoms with E-state index in [4.69, 9.17) is 10.2 Å². The normalized spacial score (nSPS) is 14.8. The molecule has 13 heavy (non-hydrogen) atoms. The summed E-state index contributed by atoms with van der Waals surface area (Å²) in [5, 5.41) is 18.0. The molecule has 0 heterocycles. The molecule has 76 valence electrons. The Bertz CT molecular complexity index is 189. The zero-order chi connectivity index (χ0) is 10.4. The molecular formula is C8H14O5. The van der Waals surface area contributed by atoms with Gasteiger partial charge in [-0.1, -0.05) is 6.58 Å². The quantitative estimate of drug-likeness (QED) is 0.356. The minimum atomic E-state index is -1.68. The van der Waals surface area contributed by atoms with E-state index < -0.39 is 18.5 Å². The third-order valence-corrected chi connectivity index (χ3v) is 1.16. The first-order valence-electron chi connectivity index (χ1n) is 3.83. The SMILES string of the molecule is C=C(C)C(=O)OC(O)C(O)OCC. The van der Waals surface area contributed by atoms with E-state index in [9.17, 15) is 4.79 Å². The van der Waals surface area contributed by atoms with Crippen molar-refractivity contribution in [3.63, 3.8) is 0 Å². The maximum absolute atomic E-state index is 10.8. The first-order valence-corrected chi connectivity index (χ1v) is 3.83. The lowest BCUT2D eigenvalue weighted by atomic mass is 10.4. The minimum Gasteiger partial charge on any atom is -0.427 e. The van der Waals surface area contributed by atoms with Crippen molar-refractivity contribution in [2.75, 3.05) is 6.61 Å². The number of carbonyl (C=O) groups excluding carboxylic acids is 1. The van der Waals surface area contributed by atoms with Crippen molar-refractivity contribution in [2.24, 2.45) is 0 Å². The molecule has 0 aliphatic carbocycles. The van der Waals surface area contributed by atoms with Crippen molar-refractivity contribution in [3.8, 4) is 0 Å². The third-order valence-electron chi connectivity index (χ3n) is 1.16. The van der Waals surface area contributed by atoms with Gasteiger partial charge >= 0.3 is 5.97 Å². The summed E-state index contributed by atoms with van der Waals surface area (Å²) < 4.78 is 8.95. The number of aliphatic hydroxyl groups excluding tert-OH is 2. The highest BCUT2D eigenvalue weighted by Crippen LogP contribution is 2.01. The number of carbonyl (C=O) groups is 1. The fourth-order valence-corrected chi connectivity index (χ4v) is 0.522. The molecule has 0 saturated heterocycles. The molecule has 0 fully saturated rings. The van der Waals surface area contributed by atoms with E-state index >= 15 is 0 Å². The largest absolute Gasteiger partial charge is 0.427 e. The second-order valence-corrected chi connectivity index (χ2v) is 2.42. The molecule has 0 spiro atoms. The van der Waals surface area contributed by atoms with E-state index in [2.05, 4.69) is 16.1 Å². The molecular weight excluding hydrogens is 176 g/mol. The summed E-state index contributed by atoms with van der Waals surface area (Å²) >= 11 is 0. The van der Waals surface area contributed by atoms with E-state index in [0.717, 1.165) is 0 Å². The minimum absolute atomic E-state index is 0.141. The molecule has 0 amide bonds. The van der Waals surface area contributed by atoms with Crippen LogP contribution in [0.1, 0.15) is 13.8 Å². The summed E-state index contributed by atoms with van der Waals surface area (Å²) in [4.78, 5) is 10.8. The zero-order valence-corrected chi connectivity index (χ0v) is 7.69. The molecule has 5 heteroatoms. The van der Waals surface area contributed by atoms with Crippen LogP contribution in [0.3, 0.4) is 0 Å². The van der Waals surface area contributed by atoms with Gasteiger partial charge in [0.05, 0.1) is 0 Å². The number of rotatable bonds is 5. The summed E-state index contributed by atoms with van der Waals surface area (Å²) in [6.07, 6.45) is -3.20. The fraction of sp³-hybridized carbons (Fsp3) is 0.625. The van der Waals surface area contributed by atoms with Crippen molar-refractivity contribution in [1.82, 2.24) is 0 Å². The molecule has 5 nitrogen and oxygen atoms in total. The van der Waals surface area contributed by atoms with Crippen LogP contribution in [-0.2, 0) is 14.3 Å². The highest BCUT2D eigenvalue weighted by atomic mass is 16.7. The zero-order valence-electron chi connectivity index (χ0n) is 7.69. The summed E-state index contributed by atoms with van der Waals surface area (Å²) in [5.74, 6) is -0.772. The monoisotopic (exact) mass is 190 g/mol. The second kappa shape index (κ2) is 5.69. The molecule has 0 aliphatic heterocycles. The van der Waals surface area contributed by atoms with Crippen LogP contribution in [0.4, 0.5) is 0 Å².